The lowest BCUT2D eigenvalue weighted by atomic mass is 10.2. The lowest BCUT2D eigenvalue weighted by Gasteiger charge is -2.39. The van der Waals surface area contributed by atoms with E-state index in [-0.39, 0.29) is 24.0 Å². The molecular weight excluding hydrogens is 500 g/mol. The summed E-state index contributed by atoms with van der Waals surface area (Å²) in [5.41, 5.74) is 0.956. The molecule has 1 aromatic carbocycles. The van der Waals surface area contributed by atoms with E-state index in [0.29, 0.717) is 56.7 Å². The molecule has 1 aliphatic heterocycles. The second-order valence-electron chi connectivity index (χ2n) is 6.60. The van der Waals surface area contributed by atoms with Crippen molar-refractivity contribution < 1.29 is 22.6 Å². The second-order valence-corrected chi connectivity index (χ2v) is 6.60. The number of nitrogens with zero attached hydrogens (tertiary/aromatic N) is 3. The number of guanidine groups is 1. The van der Waals surface area contributed by atoms with Gasteiger partial charge in [0.25, 0.3) is 0 Å². The largest absolute Gasteiger partial charge is 0.493 e. The fourth-order valence-corrected chi connectivity index (χ4v) is 3.10. The van der Waals surface area contributed by atoms with Crippen LogP contribution in [0.3, 0.4) is 0 Å². The topological polar surface area (TPSA) is 49.3 Å². The van der Waals surface area contributed by atoms with Crippen molar-refractivity contribution in [2.75, 3.05) is 46.9 Å². The Bertz CT molecular complexity index is 665. The Labute approximate surface area is 187 Å². The molecule has 166 valence electrons. The van der Waals surface area contributed by atoms with Gasteiger partial charge in [-0.2, -0.15) is 13.2 Å². The summed E-state index contributed by atoms with van der Waals surface area (Å²) >= 11 is 0. The number of piperazine rings is 1. The molecule has 0 aromatic heterocycles. The number of alkyl halides is 3. The highest BCUT2D eigenvalue weighted by Crippen LogP contribution is 2.28. The van der Waals surface area contributed by atoms with Crippen molar-refractivity contribution in [1.29, 1.82) is 0 Å². The zero-order valence-corrected chi connectivity index (χ0v) is 19.6. The number of hydrogen-bond donors (Lipinski definition) is 1. The summed E-state index contributed by atoms with van der Waals surface area (Å²) < 4.78 is 49.3. The molecular formula is C19H30F3IN4O2. The van der Waals surface area contributed by atoms with Crippen molar-refractivity contribution in [1.82, 2.24) is 15.1 Å². The number of benzene rings is 1. The number of ether oxygens (including phenoxy) is 2. The highest BCUT2D eigenvalue weighted by atomic mass is 127. The Balaban J connectivity index is 0.00000420. The number of rotatable bonds is 6. The summed E-state index contributed by atoms with van der Waals surface area (Å²) in [5.74, 6) is 1.99. The maximum atomic E-state index is 12.9. The lowest BCUT2D eigenvalue weighted by Crippen LogP contribution is -2.56. The molecule has 1 fully saturated rings. The molecule has 0 radical (unpaired) electrons. The van der Waals surface area contributed by atoms with Gasteiger partial charge in [0.1, 0.15) is 6.04 Å². The molecule has 1 aliphatic rings. The van der Waals surface area contributed by atoms with E-state index in [1.165, 1.54) is 11.8 Å². The molecule has 0 aliphatic carbocycles. The monoisotopic (exact) mass is 530 g/mol. The van der Waals surface area contributed by atoms with Gasteiger partial charge in [-0.15, -0.1) is 24.0 Å². The zero-order valence-electron chi connectivity index (χ0n) is 17.3. The standard InChI is InChI=1S/C19H29F3N4O2.HI/c1-5-23-18(24-13-15-6-7-16(27-3)17(12-15)28-4)26-10-8-25(9-11-26)14(2)19(20,21)22;/h6-7,12,14H,5,8-11,13H2,1-4H3,(H,23,24);1H. The number of hydrogen-bond acceptors (Lipinski definition) is 4. The number of aliphatic imine (C=N–C) groups is 1. The van der Waals surface area contributed by atoms with Crippen molar-refractivity contribution >= 4 is 29.9 Å². The minimum Gasteiger partial charge on any atom is -0.493 e. The molecule has 1 atom stereocenters. The van der Waals surface area contributed by atoms with Crippen LogP contribution in [0.15, 0.2) is 23.2 Å². The van der Waals surface area contributed by atoms with Crippen LogP contribution in [0.4, 0.5) is 13.2 Å². The molecule has 1 N–H and O–H groups in total. The molecule has 1 saturated heterocycles. The normalized spacial score (nSPS) is 16.8. The summed E-state index contributed by atoms with van der Waals surface area (Å²) in [6.07, 6.45) is -4.20. The van der Waals surface area contributed by atoms with Crippen LogP contribution in [0.25, 0.3) is 0 Å². The summed E-state index contributed by atoms with van der Waals surface area (Å²) in [4.78, 5) is 8.12. The van der Waals surface area contributed by atoms with Gasteiger partial charge >= 0.3 is 6.18 Å². The van der Waals surface area contributed by atoms with E-state index < -0.39 is 12.2 Å². The van der Waals surface area contributed by atoms with E-state index in [2.05, 4.69) is 10.3 Å². The maximum absolute atomic E-state index is 12.9. The molecule has 1 heterocycles. The highest BCUT2D eigenvalue weighted by molar-refractivity contribution is 14.0. The number of nitrogens with one attached hydrogen (secondary N) is 1. The second kappa shape index (κ2) is 11.7. The molecule has 0 amide bonds. The van der Waals surface area contributed by atoms with Gasteiger partial charge in [-0.25, -0.2) is 4.99 Å². The molecule has 1 aromatic rings. The van der Waals surface area contributed by atoms with Crippen LogP contribution in [-0.2, 0) is 6.54 Å². The fourth-order valence-electron chi connectivity index (χ4n) is 3.10. The van der Waals surface area contributed by atoms with Crippen LogP contribution >= 0.6 is 24.0 Å². The van der Waals surface area contributed by atoms with Crippen molar-refractivity contribution in [2.24, 2.45) is 4.99 Å². The molecule has 0 saturated carbocycles. The minimum atomic E-state index is -4.20. The van der Waals surface area contributed by atoms with Gasteiger partial charge in [-0.05, 0) is 31.5 Å². The Morgan fingerprint density at radius 2 is 1.76 bits per heavy atom. The van der Waals surface area contributed by atoms with E-state index in [4.69, 9.17) is 9.47 Å². The van der Waals surface area contributed by atoms with Gasteiger partial charge in [0.2, 0.25) is 0 Å². The van der Waals surface area contributed by atoms with Crippen molar-refractivity contribution in [3.8, 4) is 11.5 Å². The first kappa shape index (κ1) is 25.6. The van der Waals surface area contributed by atoms with Crippen molar-refractivity contribution in [3.05, 3.63) is 23.8 Å². The fraction of sp³-hybridized carbons (Fsp3) is 0.632. The molecule has 10 heteroatoms. The van der Waals surface area contributed by atoms with Crippen LogP contribution in [0.1, 0.15) is 19.4 Å². The Morgan fingerprint density at radius 3 is 2.28 bits per heavy atom. The predicted octanol–water partition coefficient (Wildman–Crippen LogP) is 3.36. The number of halogens is 4. The molecule has 0 bridgehead atoms. The molecule has 0 spiro atoms. The van der Waals surface area contributed by atoms with Gasteiger partial charge in [0.15, 0.2) is 17.5 Å². The van der Waals surface area contributed by atoms with Crippen molar-refractivity contribution in [3.63, 3.8) is 0 Å². The van der Waals surface area contributed by atoms with E-state index in [0.717, 1.165) is 5.56 Å². The van der Waals surface area contributed by atoms with Gasteiger partial charge in [-0.3, -0.25) is 4.90 Å². The Morgan fingerprint density at radius 1 is 1.14 bits per heavy atom. The predicted molar refractivity (Wildman–Crippen MR) is 118 cm³/mol. The third kappa shape index (κ3) is 7.09. The molecule has 6 nitrogen and oxygen atoms in total. The quantitative estimate of drug-likeness (QED) is 0.348. The van der Waals surface area contributed by atoms with Crippen LogP contribution in [0.2, 0.25) is 0 Å². The van der Waals surface area contributed by atoms with Crippen molar-refractivity contribution in [2.45, 2.75) is 32.6 Å². The first-order valence-electron chi connectivity index (χ1n) is 9.35. The summed E-state index contributed by atoms with van der Waals surface area (Å²) in [5, 5.41) is 3.23. The average Bonchev–Trinajstić information content (AvgIpc) is 2.69. The van der Waals surface area contributed by atoms with E-state index in [1.807, 2.05) is 30.0 Å². The van der Waals surface area contributed by atoms with E-state index in [9.17, 15) is 13.2 Å². The smallest absolute Gasteiger partial charge is 0.403 e. The van der Waals surface area contributed by atoms with E-state index >= 15 is 0 Å². The van der Waals surface area contributed by atoms with Gasteiger partial charge in [-0.1, -0.05) is 6.07 Å². The Kier molecular flexibility index (Phi) is 10.3. The Hall–Kier alpha value is -1.43. The summed E-state index contributed by atoms with van der Waals surface area (Å²) in [7, 11) is 3.16. The first-order chi connectivity index (χ1) is 13.3. The molecule has 2 rings (SSSR count). The molecule has 29 heavy (non-hydrogen) atoms. The highest BCUT2D eigenvalue weighted by Gasteiger charge is 2.41. The van der Waals surface area contributed by atoms with Crippen LogP contribution in [0, 0.1) is 0 Å². The average molecular weight is 530 g/mol. The summed E-state index contributed by atoms with van der Waals surface area (Å²) in [6.45, 7) is 5.99. The SMILES string of the molecule is CCNC(=NCc1ccc(OC)c(OC)c1)N1CCN(C(C)C(F)(F)F)CC1.I. The van der Waals surface area contributed by atoms with E-state index in [1.54, 1.807) is 14.2 Å². The van der Waals surface area contributed by atoms with Gasteiger partial charge in [0.05, 0.1) is 20.8 Å². The van der Waals surface area contributed by atoms with Gasteiger partial charge in [0, 0.05) is 32.7 Å². The van der Waals surface area contributed by atoms with Crippen LogP contribution in [0.5, 0.6) is 11.5 Å². The first-order valence-corrected chi connectivity index (χ1v) is 9.35. The summed E-state index contributed by atoms with van der Waals surface area (Å²) in [6, 6.07) is 4.18. The van der Waals surface area contributed by atoms with Crippen LogP contribution in [-0.4, -0.2) is 74.9 Å². The van der Waals surface area contributed by atoms with Gasteiger partial charge < -0.3 is 19.7 Å². The zero-order chi connectivity index (χ0) is 20.7. The molecule has 1 unspecified atom stereocenters. The minimum absolute atomic E-state index is 0. The maximum Gasteiger partial charge on any atom is 0.403 e. The third-order valence-corrected chi connectivity index (χ3v) is 4.83. The third-order valence-electron chi connectivity index (χ3n) is 4.83. The van der Waals surface area contributed by atoms with Crippen LogP contribution < -0.4 is 14.8 Å². The number of methoxy groups -OCH3 is 2. The lowest BCUT2D eigenvalue weighted by molar-refractivity contribution is -0.181.